The fraction of sp³-hybridized carbons (Fsp3) is 0.308. The van der Waals surface area contributed by atoms with Crippen molar-refractivity contribution in [2.24, 2.45) is 5.11 Å². The van der Waals surface area contributed by atoms with Gasteiger partial charge in [-0.15, -0.1) is 0 Å². The van der Waals surface area contributed by atoms with E-state index in [1.54, 1.807) is 6.07 Å². The van der Waals surface area contributed by atoms with Gasteiger partial charge in [-0.2, -0.15) is 0 Å². The first-order valence-corrected chi connectivity index (χ1v) is 6.18. The van der Waals surface area contributed by atoms with E-state index in [1.807, 2.05) is 12.1 Å². The fourth-order valence-corrected chi connectivity index (χ4v) is 2.03. The van der Waals surface area contributed by atoms with Crippen LogP contribution >= 0.6 is 11.6 Å². The highest BCUT2D eigenvalue weighted by molar-refractivity contribution is 6.30. The summed E-state index contributed by atoms with van der Waals surface area (Å²) in [6, 6.07) is 5.44. The van der Waals surface area contributed by atoms with Crippen molar-refractivity contribution in [3.63, 3.8) is 0 Å². The molecule has 19 heavy (non-hydrogen) atoms. The molecule has 0 N–H and O–H groups in total. The molecule has 98 valence electrons. The zero-order valence-corrected chi connectivity index (χ0v) is 11.1. The van der Waals surface area contributed by atoms with Crippen LogP contribution in [0.3, 0.4) is 0 Å². The summed E-state index contributed by atoms with van der Waals surface area (Å²) in [5, 5.41) is 4.02. The van der Waals surface area contributed by atoms with Gasteiger partial charge in [0.25, 0.3) is 0 Å². The van der Waals surface area contributed by atoms with E-state index in [1.165, 1.54) is 13.2 Å². The number of carbonyl (C=O) groups is 1. The second-order valence-electron chi connectivity index (χ2n) is 4.26. The Labute approximate surface area is 115 Å². The maximum atomic E-state index is 11.5. The van der Waals surface area contributed by atoms with E-state index < -0.39 is 5.97 Å². The number of esters is 1. The summed E-state index contributed by atoms with van der Waals surface area (Å²) in [6.45, 7) is 0. The summed E-state index contributed by atoms with van der Waals surface area (Å²) < 4.78 is 4.58. The minimum absolute atomic E-state index is 0.0609. The minimum Gasteiger partial charge on any atom is -0.466 e. The van der Waals surface area contributed by atoms with Gasteiger partial charge in [-0.05, 0) is 53.6 Å². The van der Waals surface area contributed by atoms with Crippen molar-refractivity contribution in [1.29, 1.82) is 0 Å². The van der Waals surface area contributed by atoms with Gasteiger partial charge in [-0.25, -0.2) is 4.79 Å². The SMILES string of the molecule is COC(=O)C(=Cc1ccc(Cl)cc1C1CC1)N=[N+]=[N-]. The lowest BCUT2D eigenvalue weighted by molar-refractivity contribution is -0.136. The highest BCUT2D eigenvalue weighted by Gasteiger charge is 2.26. The Bertz CT molecular complexity index is 588. The predicted molar refractivity (Wildman–Crippen MR) is 72.6 cm³/mol. The quantitative estimate of drug-likeness (QED) is 0.274. The largest absolute Gasteiger partial charge is 0.466 e. The van der Waals surface area contributed by atoms with Crippen molar-refractivity contribution in [2.45, 2.75) is 18.8 Å². The van der Waals surface area contributed by atoms with Crippen molar-refractivity contribution >= 4 is 23.6 Å². The highest BCUT2D eigenvalue weighted by Crippen LogP contribution is 2.43. The molecule has 0 radical (unpaired) electrons. The molecular formula is C13H12ClN3O2. The number of carbonyl (C=O) groups excluding carboxylic acids is 1. The van der Waals surface area contributed by atoms with Gasteiger partial charge in [0, 0.05) is 9.93 Å². The Morgan fingerprint density at radius 2 is 2.32 bits per heavy atom. The molecule has 0 aliphatic heterocycles. The topological polar surface area (TPSA) is 75.1 Å². The van der Waals surface area contributed by atoms with E-state index in [4.69, 9.17) is 17.1 Å². The lowest BCUT2D eigenvalue weighted by atomic mass is 10.0. The second kappa shape index (κ2) is 5.78. The summed E-state index contributed by atoms with van der Waals surface area (Å²) in [4.78, 5) is 14.1. The number of methoxy groups -OCH3 is 1. The molecule has 0 amide bonds. The maximum Gasteiger partial charge on any atom is 0.340 e. The van der Waals surface area contributed by atoms with Crippen LogP contribution in [0.4, 0.5) is 0 Å². The molecule has 5 nitrogen and oxygen atoms in total. The van der Waals surface area contributed by atoms with Gasteiger partial charge >= 0.3 is 5.97 Å². The summed E-state index contributed by atoms with van der Waals surface area (Å²) in [6.07, 6.45) is 3.75. The average molecular weight is 278 g/mol. The summed E-state index contributed by atoms with van der Waals surface area (Å²) >= 11 is 5.98. The van der Waals surface area contributed by atoms with Crippen LogP contribution in [0.1, 0.15) is 29.9 Å². The van der Waals surface area contributed by atoms with Crippen LogP contribution in [0.15, 0.2) is 29.0 Å². The van der Waals surface area contributed by atoms with Crippen molar-refractivity contribution in [1.82, 2.24) is 0 Å². The van der Waals surface area contributed by atoms with E-state index >= 15 is 0 Å². The number of azide groups is 1. The van der Waals surface area contributed by atoms with E-state index in [0.717, 1.165) is 24.0 Å². The van der Waals surface area contributed by atoms with E-state index in [0.29, 0.717) is 10.9 Å². The van der Waals surface area contributed by atoms with Gasteiger partial charge in [0.1, 0.15) is 5.70 Å². The first kappa shape index (κ1) is 13.5. The molecule has 1 aromatic rings. The minimum atomic E-state index is -0.658. The first-order valence-electron chi connectivity index (χ1n) is 5.80. The fourth-order valence-electron chi connectivity index (χ4n) is 1.85. The Morgan fingerprint density at radius 3 is 2.89 bits per heavy atom. The maximum absolute atomic E-state index is 11.5. The van der Waals surface area contributed by atoms with Crippen molar-refractivity contribution in [3.8, 4) is 0 Å². The number of hydrogen-bond acceptors (Lipinski definition) is 3. The molecule has 1 aliphatic carbocycles. The summed E-state index contributed by atoms with van der Waals surface area (Å²) in [5.41, 5.74) is 10.3. The molecule has 0 heterocycles. The van der Waals surface area contributed by atoms with Crippen molar-refractivity contribution < 1.29 is 9.53 Å². The van der Waals surface area contributed by atoms with Crippen LogP contribution in [0, 0.1) is 0 Å². The first-order chi connectivity index (χ1) is 9.15. The number of ether oxygens (including phenoxy) is 1. The number of halogens is 1. The van der Waals surface area contributed by atoms with E-state index in [2.05, 4.69) is 14.8 Å². The molecule has 0 unspecified atom stereocenters. The summed E-state index contributed by atoms with van der Waals surface area (Å²) in [7, 11) is 1.24. The Morgan fingerprint density at radius 1 is 1.58 bits per heavy atom. The number of benzene rings is 1. The van der Waals surface area contributed by atoms with Crippen LogP contribution in [0.25, 0.3) is 16.5 Å². The van der Waals surface area contributed by atoms with E-state index in [9.17, 15) is 4.79 Å². The lowest BCUT2D eigenvalue weighted by Gasteiger charge is -2.06. The van der Waals surface area contributed by atoms with Gasteiger partial charge in [-0.3, -0.25) is 0 Å². The monoisotopic (exact) mass is 277 g/mol. The molecule has 1 aromatic carbocycles. The molecule has 0 spiro atoms. The van der Waals surface area contributed by atoms with Gasteiger partial charge in [0.05, 0.1) is 7.11 Å². The third kappa shape index (κ3) is 3.28. The lowest BCUT2D eigenvalue weighted by Crippen LogP contribution is -2.02. The van der Waals surface area contributed by atoms with Crippen LogP contribution in [-0.2, 0) is 9.53 Å². The molecule has 1 fully saturated rings. The van der Waals surface area contributed by atoms with Crippen molar-refractivity contribution in [2.75, 3.05) is 7.11 Å². The normalized spacial score (nSPS) is 14.7. The van der Waals surface area contributed by atoms with Crippen LogP contribution in [-0.4, -0.2) is 13.1 Å². The molecule has 0 aromatic heterocycles. The number of nitrogens with zero attached hydrogens (tertiary/aromatic N) is 3. The van der Waals surface area contributed by atoms with Crippen molar-refractivity contribution in [3.05, 3.63) is 50.5 Å². The van der Waals surface area contributed by atoms with Gasteiger partial charge in [-0.1, -0.05) is 22.8 Å². The van der Waals surface area contributed by atoms with Crippen LogP contribution in [0.5, 0.6) is 0 Å². The number of rotatable bonds is 4. The van der Waals surface area contributed by atoms with Gasteiger partial charge < -0.3 is 4.74 Å². The molecule has 0 atom stereocenters. The summed E-state index contributed by atoms with van der Waals surface area (Å²) in [5.74, 6) is -0.190. The molecule has 6 heteroatoms. The smallest absolute Gasteiger partial charge is 0.340 e. The molecule has 2 rings (SSSR count). The van der Waals surface area contributed by atoms with Gasteiger partial charge in [0.2, 0.25) is 0 Å². The third-order valence-corrected chi connectivity index (χ3v) is 3.14. The highest BCUT2D eigenvalue weighted by atomic mass is 35.5. The van der Waals surface area contributed by atoms with Crippen LogP contribution in [0.2, 0.25) is 5.02 Å². The van der Waals surface area contributed by atoms with E-state index in [-0.39, 0.29) is 5.70 Å². The molecule has 0 saturated heterocycles. The average Bonchev–Trinajstić information content (AvgIpc) is 3.23. The second-order valence-corrected chi connectivity index (χ2v) is 4.69. The van der Waals surface area contributed by atoms with Gasteiger partial charge in [0.15, 0.2) is 0 Å². The number of hydrogen-bond donors (Lipinski definition) is 0. The molecule has 0 bridgehead atoms. The Kier molecular flexibility index (Phi) is 4.10. The molecule has 1 aliphatic rings. The molecular weight excluding hydrogens is 266 g/mol. The third-order valence-electron chi connectivity index (χ3n) is 2.91. The standard InChI is InChI=1S/C13H12ClN3O2/c1-19-13(18)12(16-17-15)6-9-4-5-10(14)7-11(9)8-2-3-8/h4-8H,2-3H2,1H3. The Balaban J connectivity index is 2.44. The zero-order valence-electron chi connectivity index (χ0n) is 10.3. The van der Waals surface area contributed by atoms with Crippen LogP contribution < -0.4 is 0 Å². The Hall–Kier alpha value is -1.97. The zero-order chi connectivity index (χ0) is 13.8. The molecule has 1 saturated carbocycles. The predicted octanol–water partition coefficient (Wildman–Crippen LogP) is 4.04.